The maximum Gasteiger partial charge on any atom is 0.232 e. The Morgan fingerprint density at radius 1 is 1.04 bits per heavy atom. The van der Waals surface area contributed by atoms with Crippen LogP contribution in [-0.4, -0.2) is 17.6 Å². The van der Waals surface area contributed by atoms with Gasteiger partial charge >= 0.3 is 0 Å². The molecule has 0 aliphatic rings. The lowest BCUT2D eigenvalue weighted by atomic mass is 9.88. The van der Waals surface area contributed by atoms with Gasteiger partial charge in [0.2, 0.25) is 5.91 Å². The van der Waals surface area contributed by atoms with Crippen LogP contribution in [0.15, 0.2) is 54.6 Å². The van der Waals surface area contributed by atoms with Crippen molar-refractivity contribution < 1.29 is 9.90 Å². The number of carbonyl (C=O) groups excluding carboxylic acids is 1. The number of nitrogens with one attached hydrogen (secondary N) is 1. The number of hydrogen-bond acceptors (Lipinski definition) is 2. The molecule has 0 aliphatic heterocycles. The predicted molar refractivity (Wildman–Crippen MR) is 108 cm³/mol. The van der Waals surface area contributed by atoms with Gasteiger partial charge in [0, 0.05) is 5.69 Å². The Kier molecular flexibility index (Phi) is 7.40. The van der Waals surface area contributed by atoms with Gasteiger partial charge < -0.3 is 10.4 Å². The highest BCUT2D eigenvalue weighted by Crippen LogP contribution is 2.29. The predicted octanol–water partition coefficient (Wildman–Crippen LogP) is 5.16. The summed E-state index contributed by atoms with van der Waals surface area (Å²) >= 11 is 0. The maximum absolute atomic E-state index is 12.4. The molecule has 2 aromatic carbocycles. The van der Waals surface area contributed by atoms with Gasteiger partial charge in [-0.25, -0.2) is 0 Å². The third-order valence-corrected chi connectivity index (χ3v) is 4.95. The molecular formula is C23H31NO2. The monoisotopic (exact) mass is 353 g/mol. The van der Waals surface area contributed by atoms with E-state index in [1.165, 1.54) is 5.56 Å². The van der Waals surface area contributed by atoms with Gasteiger partial charge in [-0.15, -0.1) is 0 Å². The smallest absolute Gasteiger partial charge is 0.232 e. The first-order valence-electron chi connectivity index (χ1n) is 9.53. The van der Waals surface area contributed by atoms with Crippen LogP contribution in [-0.2, 0) is 11.2 Å². The highest BCUT2D eigenvalue weighted by atomic mass is 16.3. The molecule has 0 saturated carbocycles. The number of benzene rings is 2. The van der Waals surface area contributed by atoms with Gasteiger partial charge in [0.05, 0.1) is 12.0 Å². The molecule has 0 aliphatic carbocycles. The molecule has 0 unspecified atom stereocenters. The van der Waals surface area contributed by atoms with Crippen LogP contribution >= 0.6 is 0 Å². The number of aliphatic hydroxyl groups is 1. The van der Waals surface area contributed by atoms with E-state index in [0.717, 1.165) is 36.9 Å². The number of aliphatic hydroxyl groups excluding tert-OH is 1. The number of anilines is 1. The summed E-state index contributed by atoms with van der Waals surface area (Å²) in [5.41, 5.74) is 2.59. The van der Waals surface area contributed by atoms with Crippen molar-refractivity contribution >= 4 is 11.6 Å². The molecule has 0 saturated heterocycles. The van der Waals surface area contributed by atoms with Crippen LogP contribution < -0.4 is 5.32 Å². The van der Waals surface area contributed by atoms with Gasteiger partial charge in [-0.3, -0.25) is 4.79 Å². The molecule has 3 nitrogen and oxygen atoms in total. The minimum Gasteiger partial charge on any atom is -0.395 e. The van der Waals surface area contributed by atoms with Crippen molar-refractivity contribution in [3.05, 3.63) is 65.7 Å². The molecule has 3 heteroatoms. The molecule has 140 valence electrons. The van der Waals surface area contributed by atoms with Crippen LogP contribution in [0.25, 0.3) is 0 Å². The fourth-order valence-corrected chi connectivity index (χ4v) is 3.10. The highest BCUT2D eigenvalue weighted by molar-refractivity contribution is 5.95. The molecular weight excluding hydrogens is 322 g/mol. The summed E-state index contributed by atoms with van der Waals surface area (Å²) < 4.78 is 0. The lowest BCUT2D eigenvalue weighted by Gasteiger charge is -2.22. The summed E-state index contributed by atoms with van der Waals surface area (Å²) in [6, 6.07) is 18.6. The van der Waals surface area contributed by atoms with E-state index in [2.05, 4.69) is 48.6 Å². The largest absolute Gasteiger partial charge is 0.395 e. The summed E-state index contributed by atoms with van der Waals surface area (Å²) in [7, 11) is 0. The quantitative estimate of drug-likeness (QED) is 0.654. The molecule has 0 bridgehead atoms. The van der Waals surface area contributed by atoms with E-state index >= 15 is 0 Å². The van der Waals surface area contributed by atoms with Crippen molar-refractivity contribution in [2.75, 3.05) is 11.9 Å². The van der Waals surface area contributed by atoms with Crippen molar-refractivity contribution in [1.29, 1.82) is 0 Å². The summed E-state index contributed by atoms with van der Waals surface area (Å²) in [4.78, 5) is 12.4. The van der Waals surface area contributed by atoms with Gasteiger partial charge in [0.1, 0.15) is 0 Å². The number of rotatable bonds is 9. The topological polar surface area (TPSA) is 49.3 Å². The molecule has 1 amide bonds. The second-order valence-electron chi connectivity index (χ2n) is 7.59. The van der Waals surface area contributed by atoms with E-state index in [0.29, 0.717) is 5.92 Å². The Bertz CT molecular complexity index is 694. The molecule has 2 aromatic rings. The van der Waals surface area contributed by atoms with Crippen LogP contribution in [0.4, 0.5) is 5.69 Å². The molecule has 1 atom stereocenters. The first kappa shape index (κ1) is 20.2. The van der Waals surface area contributed by atoms with E-state index in [1.54, 1.807) is 13.8 Å². The number of hydrogen-bond donors (Lipinski definition) is 2. The van der Waals surface area contributed by atoms with Gasteiger partial charge in [-0.1, -0.05) is 61.9 Å². The van der Waals surface area contributed by atoms with Crippen molar-refractivity contribution in [2.45, 2.75) is 52.4 Å². The third kappa shape index (κ3) is 5.43. The zero-order valence-electron chi connectivity index (χ0n) is 16.2. The van der Waals surface area contributed by atoms with Crippen molar-refractivity contribution in [2.24, 2.45) is 5.41 Å². The second kappa shape index (κ2) is 9.54. The van der Waals surface area contributed by atoms with Gasteiger partial charge in [-0.2, -0.15) is 0 Å². The van der Waals surface area contributed by atoms with E-state index in [9.17, 15) is 9.90 Å². The van der Waals surface area contributed by atoms with E-state index < -0.39 is 5.41 Å². The summed E-state index contributed by atoms with van der Waals surface area (Å²) in [6.07, 6.45) is 4.28. The molecule has 0 fully saturated rings. The third-order valence-electron chi connectivity index (χ3n) is 4.95. The summed E-state index contributed by atoms with van der Waals surface area (Å²) in [6.45, 7) is 5.55. The van der Waals surface area contributed by atoms with Gasteiger partial charge in [0.15, 0.2) is 0 Å². The summed E-state index contributed by atoms with van der Waals surface area (Å²) in [5.74, 6) is 0.374. The first-order chi connectivity index (χ1) is 12.5. The highest BCUT2D eigenvalue weighted by Gasteiger charge is 2.27. The standard InChI is InChI=1S/C23H31NO2/c1-4-10-18(19-11-6-5-7-12-19)15-16-20-13-8-9-14-21(20)24-22(26)23(2,3)17-25/h5-9,11-14,18,25H,4,10,15-17H2,1-3H3,(H,24,26)/t18-/m1/s1. The van der Waals surface area contributed by atoms with Crippen molar-refractivity contribution in [1.82, 2.24) is 0 Å². The Balaban J connectivity index is 2.10. The van der Waals surface area contributed by atoms with Crippen LogP contribution in [0.1, 0.15) is 57.1 Å². The number of para-hydroxylation sites is 1. The zero-order valence-corrected chi connectivity index (χ0v) is 16.2. The summed E-state index contributed by atoms with van der Waals surface area (Å²) in [5, 5.41) is 12.4. The van der Waals surface area contributed by atoms with E-state index in [1.807, 2.05) is 18.2 Å². The van der Waals surface area contributed by atoms with Crippen LogP contribution in [0, 0.1) is 5.41 Å². The Labute approximate surface area is 157 Å². The Morgan fingerprint density at radius 3 is 2.35 bits per heavy atom. The fraction of sp³-hybridized carbons (Fsp3) is 0.435. The number of amides is 1. The molecule has 2 rings (SSSR count). The van der Waals surface area contributed by atoms with E-state index in [4.69, 9.17) is 0 Å². The lowest BCUT2D eigenvalue weighted by molar-refractivity contribution is -0.125. The zero-order chi connectivity index (χ0) is 19.0. The molecule has 0 aromatic heterocycles. The molecule has 0 heterocycles. The van der Waals surface area contributed by atoms with Gasteiger partial charge in [-0.05, 0) is 56.2 Å². The van der Waals surface area contributed by atoms with Gasteiger partial charge in [0.25, 0.3) is 0 Å². The SMILES string of the molecule is CCC[C@H](CCc1ccccc1NC(=O)C(C)(C)CO)c1ccccc1. The molecule has 2 N–H and O–H groups in total. The molecule has 0 spiro atoms. The molecule has 0 radical (unpaired) electrons. The fourth-order valence-electron chi connectivity index (χ4n) is 3.10. The van der Waals surface area contributed by atoms with E-state index in [-0.39, 0.29) is 12.5 Å². The van der Waals surface area contributed by atoms with Crippen LogP contribution in [0.5, 0.6) is 0 Å². The minimum absolute atomic E-state index is 0.152. The average molecular weight is 354 g/mol. The first-order valence-corrected chi connectivity index (χ1v) is 9.53. The number of aryl methyl sites for hydroxylation is 1. The number of carbonyl (C=O) groups is 1. The minimum atomic E-state index is -0.790. The normalized spacial score (nSPS) is 12.6. The molecule has 26 heavy (non-hydrogen) atoms. The van der Waals surface area contributed by atoms with Crippen molar-refractivity contribution in [3.8, 4) is 0 Å². The maximum atomic E-state index is 12.4. The van der Waals surface area contributed by atoms with Crippen LogP contribution in [0.3, 0.4) is 0 Å². The Hall–Kier alpha value is -2.13. The second-order valence-corrected chi connectivity index (χ2v) is 7.59. The average Bonchev–Trinajstić information content (AvgIpc) is 2.66. The van der Waals surface area contributed by atoms with Crippen LogP contribution in [0.2, 0.25) is 0 Å². The lowest BCUT2D eigenvalue weighted by Crippen LogP contribution is -2.34. The van der Waals surface area contributed by atoms with Crippen molar-refractivity contribution in [3.63, 3.8) is 0 Å². The Morgan fingerprint density at radius 2 is 1.69 bits per heavy atom.